The number of likely N-dealkylation sites (tertiary alicyclic amines) is 1. The van der Waals surface area contributed by atoms with Crippen molar-refractivity contribution in [1.82, 2.24) is 4.90 Å². The van der Waals surface area contributed by atoms with E-state index >= 15 is 0 Å². The summed E-state index contributed by atoms with van der Waals surface area (Å²) < 4.78 is 18.9. The molecule has 1 saturated heterocycles. The van der Waals surface area contributed by atoms with Gasteiger partial charge in [-0.1, -0.05) is 18.2 Å². The fourth-order valence-corrected chi connectivity index (χ4v) is 2.69. The summed E-state index contributed by atoms with van der Waals surface area (Å²) in [6, 6.07) is 5.83. The second kappa shape index (κ2) is 7.00. The number of hydrogen-bond donors (Lipinski definition) is 1. The van der Waals surface area contributed by atoms with Gasteiger partial charge in [0.1, 0.15) is 11.9 Å². The molecule has 1 unspecified atom stereocenters. The third-order valence-electron chi connectivity index (χ3n) is 3.66. The van der Waals surface area contributed by atoms with Crippen molar-refractivity contribution in [2.75, 3.05) is 13.1 Å². The van der Waals surface area contributed by atoms with Gasteiger partial charge in [0.05, 0.1) is 12.2 Å². The van der Waals surface area contributed by atoms with Gasteiger partial charge in [0, 0.05) is 12.1 Å². The van der Waals surface area contributed by atoms with Crippen LogP contribution in [0.2, 0.25) is 0 Å². The van der Waals surface area contributed by atoms with Crippen molar-refractivity contribution in [1.29, 1.82) is 0 Å². The number of carbonyl (C=O) groups is 1. The smallest absolute Gasteiger partial charge is 0.323 e. The molecule has 0 bridgehead atoms. The zero-order valence-electron chi connectivity index (χ0n) is 12.5. The van der Waals surface area contributed by atoms with Crippen LogP contribution in [-0.4, -0.2) is 41.2 Å². The number of β-amino-alcohol motifs (C(OH)–C–C–N with tert-alkyl or cyclic N) is 1. The van der Waals surface area contributed by atoms with Gasteiger partial charge in [-0.25, -0.2) is 4.39 Å². The highest BCUT2D eigenvalue weighted by atomic mass is 19.1. The van der Waals surface area contributed by atoms with Crippen molar-refractivity contribution >= 4 is 5.97 Å². The van der Waals surface area contributed by atoms with Crippen molar-refractivity contribution in [3.63, 3.8) is 0 Å². The molecular weight excluding hydrogens is 273 g/mol. The number of hydrogen-bond acceptors (Lipinski definition) is 4. The van der Waals surface area contributed by atoms with Crippen LogP contribution in [-0.2, 0) is 9.53 Å². The molecule has 0 aliphatic carbocycles. The normalized spacial score (nSPS) is 20.7. The minimum atomic E-state index is -0.946. The van der Waals surface area contributed by atoms with Crippen molar-refractivity contribution < 1.29 is 19.0 Å². The maximum Gasteiger partial charge on any atom is 0.323 e. The number of carbonyl (C=O) groups excluding carboxylic acids is 1. The first-order chi connectivity index (χ1) is 9.99. The van der Waals surface area contributed by atoms with E-state index in [1.165, 1.54) is 6.07 Å². The SMILES string of the molecule is CC(C)OC(=O)[C@@H]1CCCN1CC(O)c1ccccc1F. The minimum Gasteiger partial charge on any atom is -0.462 e. The maximum absolute atomic E-state index is 13.7. The second-order valence-corrected chi connectivity index (χ2v) is 5.68. The van der Waals surface area contributed by atoms with E-state index in [1.807, 2.05) is 18.7 Å². The van der Waals surface area contributed by atoms with E-state index in [-0.39, 0.29) is 30.2 Å². The number of nitrogens with zero attached hydrogens (tertiary/aromatic N) is 1. The minimum absolute atomic E-state index is 0.156. The van der Waals surface area contributed by atoms with Crippen LogP contribution < -0.4 is 0 Å². The molecule has 21 heavy (non-hydrogen) atoms. The molecule has 1 fully saturated rings. The van der Waals surface area contributed by atoms with Gasteiger partial charge in [-0.05, 0) is 39.3 Å². The van der Waals surface area contributed by atoms with Gasteiger partial charge in [-0.3, -0.25) is 9.69 Å². The van der Waals surface area contributed by atoms with Gasteiger partial charge < -0.3 is 9.84 Å². The fourth-order valence-electron chi connectivity index (χ4n) is 2.69. The quantitative estimate of drug-likeness (QED) is 0.847. The lowest BCUT2D eigenvalue weighted by Gasteiger charge is -2.26. The molecule has 116 valence electrons. The molecule has 4 nitrogen and oxygen atoms in total. The largest absolute Gasteiger partial charge is 0.462 e. The molecule has 1 aliphatic heterocycles. The first-order valence-electron chi connectivity index (χ1n) is 7.36. The number of esters is 1. The molecule has 2 atom stereocenters. The molecule has 5 heteroatoms. The van der Waals surface area contributed by atoms with E-state index in [9.17, 15) is 14.3 Å². The van der Waals surface area contributed by atoms with Crippen LogP contribution in [0.25, 0.3) is 0 Å². The Labute approximate surface area is 124 Å². The van der Waals surface area contributed by atoms with Crippen molar-refractivity contribution in [2.45, 2.75) is 44.9 Å². The highest BCUT2D eigenvalue weighted by molar-refractivity contribution is 5.76. The van der Waals surface area contributed by atoms with Crippen LogP contribution in [0, 0.1) is 5.82 Å². The van der Waals surface area contributed by atoms with Crippen LogP contribution >= 0.6 is 0 Å². The first-order valence-corrected chi connectivity index (χ1v) is 7.36. The molecule has 1 N–H and O–H groups in total. The second-order valence-electron chi connectivity index (χ2n) is 5.68. The number of rotatable bonds is 5. The lowest BCUT2D eigenvalue weighted by Crippen LogP contribution is -2.40. The van der Waals surface area contributed by atoms with Crippen LogP contribution in [0.3, 0.4) is 0 Å². The average Bonchev–Trinajstić information content (AvgIpc) is 2.86. The molecule has 2 rings (SSSR count). The highest BCUT2D eigenvalue weighted by Crippen LogP contribution is 2.24. The van der Waals surface area contributed by atoms with E-state index < -0.39 is 11.9 Å². The number of halogens is 1. The fraction of sp³-hybridized carbons (Fsp3) is 0.562. The monoisotopic (exact) mass is 295 g/mol. The summed E-state index contributed by atoms with van der Waals surface area (Å²) in [5.41, 5.74) is 0.264. The number of aliphatic hydroxyl groups is 1. The number of ether oxygens (including phenoxy) is 1. The van der Waals surface area contributed by atoms with E-state index in [0.717, 1.165) is 12.8 Å². The summed E-state index contributed by atoms with van der Waals surface area (Å²) in [5, 5.41) is 10.2. The Morgan fingerprint density at radius 3 is 2.86 bits per heavy atom. The molecule has 0 spiro atoms. The van der Waals surface area contributed by atoms with E-state index in [2.05, 4.69) is 0 Å². The van der Waals surface area contributed by atoms with Gasteiger partial charge in [-0.15, -0.1) is 0 Å². The van der Waals surface area contributed by atoms with Crippen LogP contribution in [0.1, 0.15) is 38.4 Å². The Hall–Kier alpha value is -1.46. The third-order valence-corrected chi connectivity index (χ3v) is 3.66. The lowest BCUT2D eigenvalue weighted by atomic mass is 10.1. The molecule has 0 aromatic heterocycles. The predicted octanol–water partition coefficient (Wildman–Crippen LogP) is 2.28. The van der Waals surface area contributed by atoms with E-state index in [0.29, 0.717) is 6.54 Å². The Balaban J connectivity index is 2.01. The molecule has 1 aliphatic rings. The van der Waals surface area contributed by atoms with Gasteiger partial charge in [0.25, 0.3) is 0 Å². The summed E-state index contributed by atoms with van der Waals surface area (Å²) in [4.78, 5) is 13.9. The van der Waals surface area contributed by atoms with Crippen LogP contribution in [0.15, 0.2) is 24.3 Å². The Morgan fingerprint density at radius 1 is 1.48 bits per heavy atom. The zero-order chi connectivity index (χ0) is 15.4. The standard InChI is InChI=1S/C16H22FNO3/c1-11(2)21-16(20)14-8-5-9-18(14)10-15(19)12-6-3-4-7-13(12)17/h3-4,6-7,11,14-15,19H,5,8-10H2,1-2H3/t14-,15?/m0/s1. The van der Waals surface area contributed by atoms with Gasteiger partial charge in [0.15, 0.2) is 0 Å². The lowest BCUT2D eigenvalue weighted by molar-refractivity contribution is -0.153. The van der Waals surface area contributed by atoms with E-state index in [1.54, 1.807) is 18.2 Å². The van der Waals surface area contributed by atoms with Crippen molar-refractivity contribution in [3.8, 4) is 0 Å². The summed E-state index contributed by atoms with van der Waals surface area (Å²) in [7, 11) is 0. The van der Waals surface area contributed by atoms with Gasteiger partial charge in [-0.2, -0.15) is 0 Å². The molecule has 1 heterocycles. The topological polar surface area (TPSA) is 49.8 Å². The highest BCUT2D eigenvalue weighted by Gasteiger charge is 2.33. The zero-order valence-corrected chi connectivity index (χ0v) is 12.5. The first kappa shape index (κ1) is 15.9. The molecule has 1 aromatic rings. The van der Waals surface area contributed by atoms with Crippen LogP contribution in [0.4, 0.5) is 4.39 Å². The van der Waals surface area contributed by atoms with E-state index in [4.69, 9.17) is 4.74 Å². The maximum atomic E-state index is 13.7. The summed E-state index contributed by atoms with van der Waals surface area (Å²) in [5.74, 6) is -0.686. The predicted molar refractivity (Wildman–Crippen MR) is 77.2 cm³/mol. The molecule has 0 radical (unpaired) electrons. The molecular formula is C16H22FNO3. The molecule has 1 aromatic carbocycles. The van der Waals surface area contributed by atoms with Gasteiger partial charge >= 0.3 is 5.97 Å². The molecule has 0 saturated carbocycles. The Kier molecular flexibility index (Phi) is 5.31. The number of aliphatic hydroxyl groups excluding tert-OH is 1. The van der Waals surface area contributed by atoms with Crippen molar-refractivity contribution in [3.05, 3.63) is 35.6 Å². The van der Waals surface area contributed by atoms with Crippen LogP contribution in [0.5, 0.6) is 0 Å². The Morgan fingerprint density at radius 2 is 2.19 bits per heavy atom. The molecule has 0 amide bonds. The van der Waals surface area contributed by atoms with Gasteiger partial charge in [0.2, 0.25) is 0 Å². The third kappa shape index (κ3) is 4.02. The Bertz CT molecular complexity index is 492. The number of benzene rings is 1. The summed E-state index contributed by atoms with van der Waals surface area (Å²) in [6.07, 6.45) is 0.493. The summed E-state index contributed by atoms with van der Waals surface area (Å²) in [6.45, 7) is 4.57. The average molecular weight is 295 g/mol. The van der Waals surface area contributed by atoms with Crippen molar-refractivity contribution in [2.24, 2.45) is 0 Å². The summed E-state index contributed by atoms with van der Waals surface area (Å²) >= 11 is 0.